The summed E-state index contributed by atoms with van der Waals surface area (Å²) < 4.78 is 1.79. The van der Waals surface area contributed by atoms with Gasteiger partial charge in [-0.25, -0.2) is 4.98 Å². The van der Waals surface area contributed by atoms with E-state index in [1.807, 2.05) is 32.6 Å². The highest BCUT2D eigenvalue weighted by molar-refractivity contribution is 5.46. The molecule has 0 bridgehead atoms. The standard InChI is InChI=1S/C13H20N6/c1-4-5-14-13-16-6-10(2)12(18-13)15-7-11-8-17-19(3)9-11/h6,8-9H,4-5,7H2,1-3H3,(H2,14,15,16,18). The molecule has 0 spiro atoms. The van der Waals surface area contributed by atoms with E-state index in [-0.39, 0.29) is 0 Å². The van der Waals surface area contributed by atoms with Crippen LogP contribution in [0.2, 0.25) is 0 Å². The van der Waals surface area contributed by atoms with Gasteiger partial charge in [-0.1, -0.05) is 6.92 Å². The minimum Gasteiger partial charge on any atom is -0.365 e. The molecule has 0 unspecified atom stereocenters. The van der Waals surface area contributed by atoms with Gasteiger partial charge in [-0.3, -0.25) is 4.68 Å². The van der Waals surface area contributed by atoms with Crippen LogP contribution in [0.3, 0.4) is 0 Å². The Labute approximate surface area is 113 Å². The van der Waals surface area contributed by atoms with Crippen molar-refractivity contribution in [2.75, 3.05) is 17.2 Å². The zero-order valence-electron chi connectivity index (χ0n) is 11.6. The summed E-state index contributed by atoms with van der Waals surface area (Å²) in [5.41, 5.74) is 2.16. The highest BCUT2D eigenvalue weighted by Crippen LogP contribution is 2.13. The van der Waals surface area contributed by atoms with Gasteiger partial charge in [-0.05, 0) is 13.3 Å². The molecule has 0 radical (unpaired) electrons. The highest BCUT2D eigenvalue weighted by atomic mass is 15.2. The van der Waals surface area contributed by atoms with Crippen LogP contribution in [0.1, 0.15) is 24.5 Å². The van der Waals surface area contributed by atoms with E-state index in [0.717, 1.165) is 29.9 Å². The maximum absolute atomic E-state index is 4.47. The van der Waals surface area contributed by atoms with Crippen molar-refractivity contribution in [3.05, 3.63) is 29.7 Å². The number of hydrogen-bond acceptors (Lipinski definition) is 5. The van der Waals surface area contributed by atoms with E-state index in [0.29, 0.717) is 12.5 Å². The summed E-state index contributed by atoms with van der Waals surface area (Å²) in [6.07, 6.45) is 6.71. The summed E-state index contributed by atoms with van der Waals surface area (Å²) in [4.78, 5) is 8.73. The maximum atomic E-state index is 4.47. The number of rotatable bonds is 6. The summed E-state index contributed by atoms with van der Waals surface area (Å²) >= 11 is 0. The van der Waals surface area contributed by atoms with Crippen LogP contribution in [0, 0.1) is 6.92 Å². The predicted molar refractivity (Wildman–Crippen MR) is 76.1 cm³/mol. The van der Waals surface area contributed by atoms with Gasteiger partial charge in [0, 0.05) is 43.7 Å². The lowest BCUT2D eigenvalue weighted by atomic mass is 10.3. The Kier molecular flexibility index (Phi) is 4.33. The molecular weight excluding hydrogens is 240 g/mol. The van der Waals surface area contributed by atoms with Crippen LogP contribution in [0.15, 0.2) is 18.6 Å². The van der Waals surface area contributed by atoms with Gasteiger partial charge in [0.25, 0.3) is 0 Å². The smallest absolute Gasteiger partial charge is 0.224 e. The Bertz CT molecular complexity index is 534. The summed E-state index contributed by atoms with van der Waals surface area (Å²) in [7, 11) is 1.91. The number of nitrogens with one attached hydrogen (secondary N) is 2. The van der Waals surface area contributed by atoms with Crippen molar-refractivity contribution in [1.82, 2.24) is 19.7 Å². The van der Waals surface area contributed by atoms with Crippen LogP contribution in [0.25, 0.3) is 0 Å². The predicted octanol–water partition coefficient (Wildman–Crippen LogP) is 1.95. The topological polar surface area (TPSA) is 67.7 Å². The second-order valence-corrected chi connectivity index (χ2v) is 4.53. The second kappa shape index (κ2) is 6.17. The Morgan fingerprint density at radius 2 is 2.11 bits per heavy atom. The molecule has 2 aromatic rings. The molecule has 0 saturated carbocycles. The van der Waals surface area contributed by atoms with Gasteiger partial charge in [0.1, 0.15) is 5.82 Å². The first-order chi connectivity index (χ1) is 9.19. The van der Waals surface area contributed by atoms with E-state index in [1.165, 1.54) is 0 Å². The molecule has 0 aromatic carbocycles. The molecule has 2 rings (SSSR count). The third-order valence-electron chi connectivity index (χ3n) is 2.72. The minimum atomic E-state index is 0.668. The SMILES string of the molecule is CCCNc1ncc(C)c(NCc2cnn(C)c2)n1. The first-order valence-electron chi connectivity index (χ1n) is 6.48. The zero-order chi connectivity index (χ0) is 13.7. The van der Waals surface area contributed by atoms with Gasteiger partial charge >= 0.3 is 0 Å². The molecule has 0 aliphatic carbocycles. The first-order valence-corrected chi connectivity index (χ1v) is 6.48. The molecule has 0 aliphatic rings. The van der Waals surface area contributed by atoms with E-state index in [2.05, 4.69) is 32.6 Å². The van der Waals surface area contributed by atoms with Gasteiger partial charge in [0.05, 0.1) is 6.20 Å². The molecule has 0 aliphatic heterocycles. The molecule has 6 nitrogen and oxygen atoms in total. The van der Waals surface area contributed by atoms with Gasteiger partial charge in [0.2, 0.25) is 5.95 Å². The monoisotopic (exact) mass is 260 g/mol. The Balaban J connectivity index is 2.02. The van der Waals surface area contributed by atoms with Crippen LogP contribution >= 0.6 is 0 Å². The van der Waals surface area contributed by atoms with Crippen LogP contribution < -0.4 is 10.6 Å². The Morgan fingerprint density at radius 1 is 1.26 bits per heavy atom. The summed E-state index contributed by atoms with van der Waals surface area (Å²) in [5, 5.41) is 10.6. The number of nitrogens with zero attached hydrogens (tertiary/aromatic N) is 4. The molecule has 0 amide bonds. The molecule has 6 heteroatoms. The van der Waals surface area contributed by atoms with Crippen molar-refractivity contribution in [2.24, 2.45) is 7.05 Å². The number of aryl methyl sites for hydroxylation is 2. The fraction of sp³-hybridized carbons (Fsp3) is 0.462. The Morgan fingerprint density at radius 3 is 2.79 bits per heavy atom. The molecule has 2 heterocycles. The normalized spacial score (nSPS) is 10.5. The molecule has 102 valence electrons. The van der Waals surface area contributed by atoms with Crippen molar-refractivity contribution < 1.29 is 0 Å². The Hall–Kier alpha value is -2.11. The van der Waals surface area contributed by atoms with Crippen LogP contribution in [0.4, 0.5) is 11.8 Å². The fourth-order valence-corrected chi connectivity index (χ4v) is 1.69. The lowest BCUT2D eigenvalue weighted by molar-refractivity contribution is 0.767. The molecule has 0 fully saturated rings. The molecule has 2 aromatic heterocycles. The lowest BCUT2D eigenvalue weighted by Crippen LogP contribution is -2.08. The van der Waals surface area contributed by atoms with Gasteiger partial charge in [-0.15, -0.1) is 0 Å². The quantitative estimate of drug-likeness (QED) is 0.831. The van der Waals surface area contributed by atoms with Crippen LogP contribution in [-0.4, -0.2) is 26.3 Å². The third-order valence-corrected chi connectivity index (χ3v) is 2.72. The molecule has 0 atom stereocenters. The lowest BCUT2D eigenvalue weighted by Gasteiger charge is -2.09. The molecule has 0 saturated heterocycles. The van der Waals surface area contributed by atoms with Crippen LogP contribution in [-0.2, 0) is 13.6 Å². The molecule has 19 heavy (non-hydrogen) atoms. The van der Waals surface area contributed by atoms with E-state index >= 15 is 0 Å². The second-order valence-electron chi connectivity index (χ2n) is 4.53. The minimum absolute atomic E-state index is 0.668. The van der Waals surface area contributed by atoms with Crippen molar-refractivity contribution in [3.8, 4) is 0 Å². The van der Waals surface area contributed by atoms with E-state index in [1.54, 1.807) is 4.68 Å². The van der Waals surface area contributed by atoms with Crippen molar-refractivity contribution in [3.63, 3.8) is 0 Å². The molecular formula is C13H20N6. The van der Waals surface area contributed by atoms with Gasteiger partial charge in [0.15, 0.2) is 0 Å². The van der Waals surface area contributed by atoms with E-state index in [4.69, 9.17) is 0 Å². The van der Waals surface area contributed by atoms with Crippen molar-refractivity contribution >= 4 is 11.8 Å². The zero-order valence-corrected chi connectivity index (χ0v) is 11.6. The highest BCUT2D eigenvalue weighted by Gasteiger charge is 2.04. The third kappa shape index (κ3) is 3.67. The average Bonchev–Trinajstić information content (AvgIpc) is 2.82. The number of hydrogen-bond donors (Lipinski definition) is 2. The van der Waals surface area contributed by atoms with E-state index in [9.17, 15) is 0 Å². The molecule has 2 N–H and O–H groups in total. The van der Waals surface area contributed by atoms with Gasteiger partial charge < -0.3 is 10.6 Å². The fourth-order valence-electron chi connectivity index (χ4n) is 1.69. The largest absolute Gasteiger partial charge is 0.365 e. The van der Waals surface area contributed by atoms with Crippen LogP contribution in [0.5, 0.6) is 0 Å². The number of anilines is 2. The summed E-state index contributed by atoms with van der Waals surface area (Å²) in [6, 6.07) is 0. The first kappa shape index (κ1) is 13.3. The van der Waals surface area contributed by atoms with Gasteiger partial charge in [-0.2, -0.15) is 10.1 Å². The average molecular weight is 260 g/mol. The number of aromatic nitrogens is 4. The maximum Gasteiger partial charge on any atom is 0.224 e. The van der Waals surface area contributed by atoms with Crippen molar-refractivity contribution in [1.29, 1.82) is 0 Å². The van der Waals surface area contributed by atoms with Crippen molar-refractivity contribution in [2.45, 2.75) is 26.8 Å². The van der Waals surface area contributed by atoms with E-state index < -0.39 is 0 Å². The summed E-state index contributed by atoms with van der Waals surface area (Å²) in [6.45, 7) is 5.70. The summed E-state index contributed by atoms with van der Waals surface area (Å²) in [5.74, 6) is 1.53.